The number of rotatable bonds is 7. The van der Waals surface area contributed by atoms with Gasteiger partial charge >= 0.3 is 6.03 Å². The van der Waals surface area contributed by atoms with Gasteiger partial charge in [0.05, 0.1) is 6.61 Å². The van der Waals surface area contributed by atoms with Gasteiger partial charge in [-0.1, -0.05) is 29.8 Å². The molecule has 1 aliphatic rings. The normalized spacial score (nSPS) is 15.1. The summed E-state index contributed by atoms with van der Waals surface area (Å²) in [6, 6.07) is 12.4. The van der Waals surface area contributed by atoms with E-state index >= 15 is 0 Å². The van der Waals surface area contributed by atoms with Gasteiger partial charge in [-0.3, -0.25) is 9.69 Å². The summed E-state index contributed by atoms with van der Waals surface area (Å²) < 4.78 is 11.6. The molecular weight excluding hydrogens is 380 g/mol. The van der Waals surface area contributed by atoms with Crippen LogP contribution in [0.4, 0.5) is 4.79 Å². The van der Waals surface area contributed by atoms with E-state index in [9.17, 15) is 9.59 Å². The number of hydrogen-bond acceptors (Lipinski definition) is 4. The highest BCUT2D eigenvalue weighted by Crippen LogP contribution is 2.30. The molecule has 0 atom stereocenters. The molecule has 146 valence electrons. The van der Waals surface area contributed by atoms with Crippen LogP contribution in [0.2, 0.25) is 5.02 Å². The number of carbonyl (C=O) groups is 2. The van der Waals surface area contributed by atoms with Gasteiger partial charge in [-0.2, -0.15) is 0 Å². The van der Waals surface area contributed by atoms with Gasteiger partial charge in [0.25, 0.3) is 5.91 Å². The lowest BCUT2D eigenvalue weighted by Crippen LogP contribution is -2.30. The van der Waals surface area contributed by atoms with Gasteiger partial charge < -0.3 is 14.8 Å². The molecule has 1 heterocycles. The van der Waals surface area contributed by atoms with Crippen LogP contribution in [-0.4, -0.2) is 30.0 Å². The number of amides is 3. The lowest BCUT2D eigenvalue weighted by atomic mass is 10.1. The molecule has 6 nitrogen and oxygen atoms in total. The molecule has 1 N–H and O–H groups in total. The van der Waals surface area contributed by atoms with Crippen LogP contribution in [0.25, 0.3) is 6.08 Å². The van der Waals surface area contributed by atoms with E-state index in [1.165, 1.54) is 0 Å². The summed E-state index contributed by atoms with van der Waals surface area (Å²) >= 11 is 5.90. The van der Waals surface area contributed by atoms with Gasteiger partial charge in [0.15, 0.2) is 11.5 Å². The highest BCUT2D eigenvalue weighted by Gasteiger charge is 2.32. The number of urea groups is 1. The Morgan fingerprint density at radius 3 is 2.43 bits per heavy atom. The molecule has 3 rings (SSSR count). The molecule has 0 saturated carbocycles. The molecule has 0 spiro atoms. The summed E-state index contributed by atoms with van der Waals surface area (Å²) in [5, 5.41) is 3.26. The van der Waals surface area contributed by atoms with Gasteiger partial charge in [-0.05, 0) is 55.3 Å². The third-order valence-corrected chi connectivity index (χ3v) is 4.42. The number of ether oxygens (including phenoxy) is 2. The van der Waals surface area contributed by atoms with Gasteiger partial charge in [-0.15, -0.1) is 0 Å². The van der Waals surface area contributed by atoms with Crippen LogP contribution in [-0.2, 0) is 11.4 Å². The Morgan fingerprint density at radius 2 is 1.79 bits per heavy atom. The predicted molar refractivity (Wildman–Crippen MR) is 107 cm³/mol. The Balaban J connectivity index is 1.79. The average molecular weight is 401 g/mol. The molecule has 0 unspecified atom stereocenters. The second-order valence-electron chi connectivity index (χ2n) is 6.09. The van der Waals surface area contributed by atoms with Crippen molar-refractivity contribution in [2.45, 2.75) is 20.5 Å². The second kappa shape index (κ2) is 8.80. The fourth-order valence-electron chi connectivity index (χ4n) is 2.77. The van der Waals surface area contributed by atoms with Gasteiger partial charge in [0.2, 0.25) is 0 Å². The zero-order chi connectivity index (χ0) is 20.1. The quantitative estimate of drug-likeness (QED) is 0.557. The Morgan fingerprint density at radius 1 is 1.04 bits per heavy atom. The molecule has 1 saturated heterocycles. The predicted octanol–water partition coefficient (Wildman–Crippen LogP) is 4.23. The molecule has 28 heavy (non-hydrogen) atoms. The number of hydrogen-bond donors (Lipinski definition) is 1. The maximum absolute atomic E-state index is 12.2. The third kappa shape index (κ3) is 4.46. The van der Waals surface area contributed by atoms with E-state index in [0.717, 1.165) is 16.0 Å². The number of benzene rings is 2. The smallest absolute Gasteiger partial charge is 0.328 e. The van der Waals surface area contributed by atoms with Gasteiger partial charge in [0.1, 0.15) is 12.3 Å². The largest absolute Gasteiger partial charge is 0.490 e. The summed E-state index contributed by atoms with van der Waals surface area (Å²) in [6.07, 6.45) is 1.63. The van der Waals surface area contributed by atoms with Gasteiger partial charge in [-0.25, -0.2) is 4.79 Å². The summed E-state index contributed by atoms with van der Waals surface area (Å²) in [5.41, 5.74) is 1.95. The Labute approximate surface area is 168 Å². The molecule has 0 radical (unpaired) electrons. The maximum atomic E-state index is 12.2. The van der Waals surface area contributed by atoms with Crippen molar-refractivity contribution in [1.82, 2.24) is 10.2 Å². The molecule has 0 bridgehead atoms. The van der Waals surface area contributed by atoms with E-state index in [1.54, 1.807) is 31.2 Å². The third-order valence-electron chi connectivity index (χ3n) is 4.16. The lowest BCUT2D eigenvalue weighted by Gasteiger charge is -2.13. The van der Waals surface area contributed by atoms with E-state index in [0.29, 0.717) is 36.3 Å². The van der Waals surface area contributed by atoms with Crippen LogP contribution >= 0.6 is 11.6 Å². The molecule has 1 aliphatic heterocycles. The van der Waals surface area contributed by atoms with Crippen molar-refractivity contribution in [1.29, 1.82) is 0 Å². The van der Waals surface area contributed by atoms with Crippen molar-refractivity contribution < 1.29 is 19.1 Å². The average Bonchev–Trinajstić information content (AvgIpc) is 2.95. The first-order valence-electron chi connectivity index (χ1n) is 9.00. The second-order valence-corrected chi connectivity index (χ2v) is 6.53. The monoisotopic (exact) mass is 400 g/mol. The van der Waals surface area contributed by atoms with Crippen molar-refractivity contribution >= 4 is 29.6 Å². The SMILES string of the molecule is CCOc1cc(/C=C2/NC(=O)N(CC)C2=O)ccc1OCc1ccc(Cl)cc1. The van der Waals surface area contributed by atoms with Crippen LogP contribution in [0.5, 0.6) is 11.5 Å². The van der Waals surface area contributed by atoms with Crippen molar-refractivity contribution in [3.8, 4) is 11.5 Å². The van der Waals surface area contributed by atoms with Crippen molar-refractivity contribution in [2.75, 3.05) is 13.2 Å². The van der Waals surface area contributed by atoms with Crippen molar-refractivity contribution in [2.24, 2.45) is 0 Å². The van der Waals surface area contributed by atoms with Crippen LogP contribution < -0.4 is 14.8 Å². The minimum atomic E-state index is -0.410. The summed E-state index contributed by atoms with van der Waals surface area (Å²) in [7, 11) is 0. The molecular formula is C21H21ClN2O4. The fraction of sp³-hybridized carbons (Fsp3) is 0.238. The number of nitrogens with zero attached hydrogens (tertiary/aromatic N) is 1. The molecule has 2 aromatic rings. The van der Waals surface area contributed by atoms with E-state index < -0.39 is 6.03 Å². The van der Waals surface area contributed by atoms with Crippen molar-refractivity contribution in [3.63, 3.8) is 0 Å². The number of nitrogens with one attached hydrogen (secondary N) is 1. The minimum Gasteiger partial charge on any atom is -0.490 e. The van der Waals surface area contributed by atoms with E-state index in [1.807, 2.05) is 31.2 Å². The first-order valence-corrected chi connectivity index (χ1v) is 9.38. The molecule has 2 aromatic carbocycles. The summed E-state index contributed by atoms with van der Waals surface area (Å²) in [6.45, 7) is 4.80. The van der Waals surface area contributed by atoms with E-state index in [-0.39, 0.29) is 11.6 Å². The summed E-state index contributed by atoms with van der Waals surface area (Å²) in [4.78, 5) is 25.2. The minimum absolute atomic E-state index is 0.240. The maximum Gasteiger partial charge on any atom is 0.328 e. The van der Waals surface area contributed by atoms with Crippen molar-refractivity contribution in [3.05, 3.63) is 64.3 Å². The number of halogens is 1. The van der Waals surface area contributed by atoms with Gasteiger partial charge in [0, 0.05) is 11.6 Å². The zero-order valence-electron chi connectivity index (χ0n) is 15.7. The van der Waals surface area contributed by atoms with E-state index in [2.05, 4.69) is 5.32 Å². The topological polar surface area (TPSA) is 67.9 Å². The van der Waals surface area contributed by atoms with Crippen LogP contribution in [0.15, 0.2) is 48.2 Å². The Kier molecular flexibility index (Phi) is 6.21. The first kappa shape index (κ1) is 19.8. The Bertz CT molecular complexity index is 909. The zero-order valence-corrected chi connectivity index (χ0v) is 16.5. The number of imide groups is 1. The van der Waals surface area contributed by atoms with Crippen LogP contribution in [0, 0.1) is 0 Å². The summed E-state index contributed by atoms with van der Waals surface area (Å²) in [5.74, 6) is 0.819. The highest BCUT2D eigenvalue weighted by atomic mass is 35.5. The molecule has 1 fully saturated rings. The molecule has 7 heteroatoms. The van der Waals surface area contributed by atoms with Crippen LogP contribution in [0.3, 0.4) is 0 Å². The number of carbonyl (C=O) groups excluding carboxylic acids is 2. The van der Waals surface area contributed by atoms with E-state index in [4.69, 9.17) is 21.1 Å². The molecule has 0 aliphatic carbocycles. The first-order chi connectivity index (χ1) is 13.5. The fourth-order valence-corrected chi connectivity index (χ4v) is 2.90. The number of likely N-dealkylation sites (N-methyl/N-ethyl adjacent to an activating group) is 1. The highest BCUT2D eigenvalue weighted by molar-refractivity contribution is 6.30. The lowest BCUT2D eigenvalue weighted by molar-refractivity contribution is -0.122. The molecule has 0 aromatic heterocycles. The Hall–Kier alpha value is -2.99. The molecule has 3 amide bonds. The standard InChI is InChI=1S/C21H21ClN2O4/c1-3-24-20(25)17(23-21(24)26)11-15-7-10-18(19(12-15)27-4-2)28-13-14-5-8-16(22)9-6-14/h5-12H,3-4,13H2,1-2H3,(H,23,26)/b17-11+. The van der Waals surface area contributed by atoms with Crippen LogP contribution in [0.1, 0.15) is 25.0 Å².